The van der Waals surface area contributed by atoms with Crippen LogP contribution in [0, 0.1) is 24.0 Å². The Labute approximate surface area is 202 Å². The molecule has 0 saturated carbocycles. The highest BCUT2D eigenvalue weighted by atomic mass is 32.2. The van der Waals surface area contributed by atoms with Crippen LogP contribution in [0.15, 0.2) is 101 Å². The molecule has 7 nitrogen and oxygen atoms in total. The van der Waals surface area contributed by atoms with Crippen LogP contribution in [0.3, 0.4) is 0 Å². The zero-order valence-corrected chi connectivity index (χ0v) is 19.8. The molecule has 0 radical (unpaired) electrons. The van der Waals surface area contributed by atoms with E-state index >= 15 is 0 Å². The number of rotatable bonds is 6. The molecule has 0 aliphatic rings. The predicted octanol–water partition coefficient (Wildman–Crippen LogP) is 5.93. The summed E-state index contributed by atoms with van der Waals surface area (Å²) < 4.78 is 32.2. The van der Waals surface area contributed by atoms with E-state index in [1.54, 1.807) is 13.0 Å². The van der Waals surface area contributed by atoms with Gasteiger partial charge in [0.25, 0.3) is 5.69 Å². The van der Waals surface area contributed by atoms with Crippen LogP contribution in [0.5, 0.6) is 5.75 Å². The number of carbonyl (C=O) groups excluding carboxylic acids is 1. The van der Waals surface area contributed by atoms with E-state index < -0.39 is 31.3 Å². The van der Waals surface area contributed by atoms with Crippen molar-refractivity contribution in [2.75, 3.05) is 0 Å². The van der Waals surface area contributed by atoms with E-state index in [4.69, 9.17) is 4.74 Å². The van der Waals surface area contributed by atoms with E-state index in [0.717, 1.165) is 28.8 Å². The molecule has 0 spiro atoms. The molecule has 0 N–H and O–H groups in total. The summed E-state index contributed by atoms with van der Waals surface area (Å²) in [4.78, 5) is 22.8. The summed E-state index contributed by atoms with van der Waals surface area (Å²) in [5, 5.41) is 11.4. The minimum Gasteiger partial charge on any atom is -0.423 e. The Bertz CT molecular complexity index is 1560. The van der Waals surface area contributed by atoms with Gasteiger partial charge < -0.3 is 4.74 Å². The van der Waals surface area contributed by atoms with Gasteiger partial charge in [-0.15, -0.1) is 0 Å². The van der Waals surface area contributed by atoms with Gasteiger partial charge in [-0.2, -0.15) is 0 Å². The number of esters is 1. The molecule has 0 saturated heterocycles. The van der Waals surface area contributed by atoms with E-state index in [9.17, 15) is 23.3 Å². The highest BCUT2D eigenvalue weighted by molar-refractivity contribution is 7.91. The van der Waals surface area contributed by atoms with Crippen molar-refractivity contribution in [2.24, 2.45) is 0 Å². The van der Waals surface area contributed by atoms with Crippen molar-refractivity contribution in [1.82, 2.24) is 0 Å². The number of ether oxygens (including phenoxy) is 1. The van der Waals surface area contributed by atoms with Crippen LogP contribution in [0.4, 0.5) is 5.69 Å². The number of hydrogen-bond acceptors (Lipinski definition) is 6. The lowest BCUT2D eigenvalue weighted by Gasteiger charge is -2.13. The van der Waals surface area contributed by atoms with Gasteiger partial charge in [-0.25, -0.2) is 13.2 Å². The van der Waals surface area contributed by atoms with Crippen LogP contribution in [-0.2, 0) is 9.84 Å². The Kier molecular flexibility index (Phi) is 6.48. The fourth-order valence-electron chi connectivity index (χ4n) is 3.75. The van der Waals surface area contributed by atoms with Gasteiger partial charge in [-0.1, -0.05) is 60.2 Å². The number of nitro benzene ring substituents is 1. The number of aryl methyl sites for hydroxylation is 2. The molecular formula is C27H21NO6S. The normalized spacial score (nSPS) is 11.1. The van der Waals surface area contributed by atoms with Crippen molar-refractivity contribution in [3.8, 4) is 16.9 Å². The highest BCUT2D eigenvalue weighted by Gasteiger charge is 2.31. The standard InChI is InChI=1S/C27H21NO6S/c1-18-8-7-9-20(16-18)21-14-15-24(19(2)17-21)34-27(29)22-10-3-5-12-25(22)35(32,33)26-13-6-4-11-23(26)28(30)31/h3-17H,1-2H3. The van der Waals surface area contributed by atoms with Crippen molar-refractivity contribution in [1.29, 1.82) is 0 Å². The fourth-order valence-corrected chi connectivity index (χ4v) is 5.36. The first-order valence-corrected chi connectivity index (χ1v) is 12.1. The lowest BCUT2D eigenvalue weighted by Crippen LogP contribution is -2.15. The smallest absolute Gasteiger partial charge is 0.344 e. The van der Waals surface area contributed by atoms with Gasteiger partial charge in [0.05, 0.1) is 15.4 Å². The molecule has 0 heterocycles. The number of para-hydroxylation sites is 1. The maximum Gasteiger partial charge on any atom is 0.344 e. The van der Waals surface area contributed by atoms with Crippen LogP contribution >= 0.6 is 0 Å². The second-order valence-electron chi connectivity index (χ2n) is 7.96. The minimum absolute atomic E-state index is 0.215. The molecule has 0 atom stereocenters. The van der Waals surface area contributed by atoms with E-state index in [1.807, 2.05) is 43.3 Å². The molecule has 0 aliphatic carbocycles. The summed E-state index contributed by atoms with van der Waals surface area (Å²) in [7, 11) is -4.38. The summed E-state index contributed by atoms with van der Waals surface area (Å²) in [5.41, 5.74) is 2.99. The average Bonchev–Trinajstić information content (AvgIpc) is 2.85. The first-order chi connectivity index (χ1) is 16.7. The third kappa shape index (κ3) is 4.83. The topological polar surface area (TPSA) is 104 Å². The summed E-state index contributed by atoms with van der Waals surface area (Å²) >= 11 is 0. The molecule has 4 aromatic carbocycles. The number of hydrogen-bond donors (Lipinski definition) is 0. The predicted molar refractivity (Wildman–Crippen MR) is 131 cm³/mol. The highest BCUT2D eigenvalue weighted by Crippen LogP contribution is 2.32. The first kappa shape index (κ1) is 23.8. The van der Waals surface area contributed by atoms with Crippen LogP contribution < -0.4 is 4.74 Å². The van der Waals surface area contributed by atoms with E-state index in [0.29, 0.717) is 5.56 Å². The van der Waals surface area contributed by atoms with Crippen LogP contribution in [0.25, 0.3) is 11.1 Å². The third-order valence-electron chi connectivity index (χ3n) is 5.48. The second kappa shape index (κ2) is 9.52. The van der Waals surface area contributed by atoms with Gasteiger partial charge in [0, 0.05) is 6.07 Å². The molecule has 176 valence electrons. The number of carbonyl (C=O) groups is 1. The van der Waals surface area contributed by atoms with E-state index in [1.165, 1.54) is 36.4 Å². The van der Waals surface area contributed by atoms with Crippen molar-refractivity contribution in [2.45, 2.75) is 23.6 Å². The molecule has 35 heavy (non-hydrogen) atoms. The molecular weight excluding hydrogens is 466 g/mol. The fraction of sp³-hybridized carbons (Fsp3) is 0.0741. The molecule has 4 rings (SSSR count). The Morgan fingerprint density at radius 3 is 2.14 bits per heavy atom. The van der Waals surface area contributed by atoms with Crippen LogP contribution in [0.1, 0.15) is 21.5 Å². The molecule has 0 bridgehead atoms. The number of benzene rings is 4. The molecule has 0 aromatic heterocycles. The number of nitrogens with zero attached hydrogens (tertiary/aromatic N) is 1. The maximum absolute atomic E-state index is 13.3. The molecule has 4 aromatic rings. The van der Waals surface area contributed by atoms with Crippen LogP contribution in [-0.4, -0.2) is 19.3 Å². The monoisotopic (exact) mass is 487 g/mol. The summed E-state index contributed by atoms with van der Waals surface area (Å²) in [5.74, 6) is -0.599. The maximum atomic E-state index is 13.3. The molecule has 0 amide bonds. The Hall–Kier alpha value is -4.30. The number of nitro groups is 1. The van der Waals surface area contributed by atoms with Crippen molar-refractivity contribution >= 4 is 21.5 Å². The zero-order valence-electron chi connectivity index (χ0n) is 19.0. The lowest BCUT2D eigenvalue weighted by molar-refractivity contribution is -0.387. The summed E-state index contributed by atoms with van der Waals surface area (Å²) in [6.45, 7) is 3.79. The first-order valence-electron chi connectivity index (χ1n) is 10.7. The van der Waals surface area contributed by atoms with Gasteiger partial charge in [-0.05, 0) is 60.9 Å². The van der Waals surface area contributed by atoms with E-state index in [2.05, 4.69) is 0 Å². The van der Waals surface area contributed by atoms with Gasteiger partial charge >= 0.3 is 5.97 Å². The SMILES string of the molecule is Cc1cccc(-c2ccc(OC(=O)c3ccccc3S(=O)(=O)c3ccccc3[N+](=O)[O-])c(C)c2)c1. The summed E-state index contributed by atoms with van der Waals surface area (Å²) in [6.07, 6.45) is 0. The molecule has 0 unspecified atom stereocenters. The average molecular weight is 488 g/mol. The molecule has 0 fully saturated rings. The van der Waals surface area contributed by atoms with Crippen molar-refractivity contribution in [3.63, 3.8) is 0 Å². The van der Waals surface area contributed by atoms with Gasteiger partial charge in [0.2, 0.25) is 9.84 Å². The van der Waals surface area contributed by atoms with E-state index in [-0.39, 0.29) is 16.2 Å². The summed E-state index contributed by atoms with van der Waals surface area (Å²) in [6, 6.07) is 23.9. The molecule has 8 heteroatoms. The quantitative estimate of drug-likeness (QED) is 0.144. The Balaban J connectivity index is 1.68. The van der Waals surface area contributed by atoms with Gasteiger partial charge in [0.1, 0.15) is 10.6 Å². The van der Waals surface area contributed by atoms with Gasteiger partial charge in [0.15, 0.2) is 0 Å². The lowest BCUT2D eigenvalue weighted by atomic mass is 10.0. The minimum atomic E-state index is -4.38. The van der Waals surface area contributed by atoms with Crippen molar-refractivity contribution < 1.29 is 22.9 Å². The molecule has 0 aliphatic heterocycles. The van der Waals surface area contributed by atoms with Crippen molar-refractivity contribution in [3.05, 3.63) is 118 Å². The largest absolute Gasteiger partial charge is 0.423 e. The van der Waals surface area contributed by atoms with Gasteiger partial charge in [-0.3, -0.25) is 10.1 Å². The second-order valence-corrected chi connectivity index (χ2v) is 9.85. The number of sulfone groups is 1. The Morgan fingerprint density at radius 1 is 0.800 bits per heavy atom. The van der Waals surface area contributed by atoms with Crippen LogP contribution in [0.2, 0.25) is 0 Å². The third-order valence-corrected chi connectivity index (χ3v) is 7.34. The zero-order chi connectivity index (χ0) is 25.2. The Morgan fingerprint density at radius 2 is 1.46 bits per heavy atom.